The maximum Gasteiger partial charge on any atom is 0.256 e. The van der Waals surface area contributed by atoms with Crippen molar-refractivity contribution in [2.45, 2.75) is 18.4 Å². The summed E-state index contributed by atoms with van der Waals surface area (Å²) in [7, 11) is 0. The Bertz CT molecular complexity index is 1180. The first kappa shape index (κ1) is 19.8. The Hall–Kier alpha value is -3.52. The van der Waals surface area contributed by atoms with E-state index in [1.165, 1.54) is 11.8 Å². The van der Waals surface area contributed by atoms with Gasteiger partial charge in [0.25, 0.3) is 5.91 Å². The number of benzene rings is 2. The number of nitrogens with one attached hydrogen (secondary N) is 2. The minimum Gasteiger partial charge on any atom is -0.467 e. The molecule has 30 heavy (non-hydrogen) atoms. The molecule has 2 aromatic carbocycles. The number of furan rings is 1. The van der Waals surface area contributed by atoms with Crippen molar-refractivity contribution in [2.24, 2.45) is 0 Å². The Kier molecular flexibility index (Phi) is 5.85. The van der Waals surface area contributed by atoms with Gasteiger partial charge in [-0.15, -0.1) is 11.8 Å². The van der Waals surface area contributed by atoms with E-state index in [-0.39, 0.29) is 17.6 Å². The van der Waals surface area contributed by atoms with Gasteiger partial charge in [0.1, 0.15) is 11.3 Å². The van der Waals surface area contributed by atoms with Crippen LogP contribution in [0.4, 0.5) is 5.69 Å². The van der Waals surface area contributed by atoms with Crippen molar-refractivity contribution >= 4 is 40.4 Å². The van der Waals surface area contributed by atoms with Crippen molar-refractivity contribution in [3.05, 3.63) is 78.1 Å². The van der Waals surface area contributed by atoms with Crippen molar-refractivity contribution < 1.29 is 18.4 Å². The Balaban J connectivity index is 1.40. The second-order valence-electron chi connectivity index (χ2n) is 6.51. The van der Waals surface area contributed by atoms with Gasteiger partial charge in [0.15, 0.2) is 11.5 Å². The van der Waals surface area contributed by atoms with Crippen molar-refractivity contribution in [1.29, 1.82) is 0 Å². The minimum atomic E-state index is -0.256. The van der Waals surface area contributed by atoms with Gasteiger partial charge in [-0.25, -0.2) is 4.98 Å². The molecule has 4 rings (SSSR count). The summed E-state index contributed by atoms with van der Waals surface area (Å²) < 4.78 is 10.7. The standard InChI is InChI=1S/C22H19N3O4S/c1-14-24-18-11-15(8-9-19(18)29-14)25-22(27)17-6-2-3-7-20(17)30-13-21(26)23-12-16-5-4-10-28-16/h2-11H,12-13H2,1H3,(H,23,26)(H,25,27). The number of nitrogens with zero attached hydrogens (tertiary/aromatic N) is 1. The van der Waals surface area contributed by atoms with Gasteiger partial charge in [-0.2, -0.15) is 0 Å². The van der Waals surface area contributed by atoms with E-state index < -0.39 is 0 Å². The first-order chi connectivity index (χ1) is 14.6. The number of fused-ring (bicyclic) bond motifs is 1. The van der Waals surface area contributed by atoms with E-state index in [4.69, 9.17) is 8.83 Å². The zero-order chi connectivity index (χ0) is 20.9. The fraction of sp³-hybridized carbons (Fsp3) is 0.136. The van der Waals surface area contributed by atoms with Crippen LogP contribution < -0.4 is 10.6 Å². The molecule has 2 amide bonds. The Morgan fingerprint density at radius 1 is 1.10 bits per heavy atom. The lowest BCUT2D eigenvalue weighted by molar-refractivity contribution is -0.118. The molecule has 2 aromatic heterocycles. The molecule has 0 aliphatic rings. The molecule has 0 radical (unpaired) electrons. The molecular formula is C22H19N3O4S. The first-order valence-electron chi connectivity index (χ1n) is 9.28. The number of aromatic nitrogens is 1. The van der Waals surface area contributed by atoms with Crippen molar-refractivity contribution in [3.8, 4) is 0 Å². The van der Waals surface area contributed by atoms with Gasteiger partial charge in [0.05, 0.1) is 24.1 Å². The third-order valence-corrected chi connectivity index (χ3v) is 5.36. The zero-order valence-corrected chi connectivity index (χ0v) is 17.0. The molecule has 7 nitrogen and oxygen atoms in total. The number of carbonyl (C=O) groups excluding carboxylic acids is 2. The predicted molar refractivity (Wildman–Crippen MR) is 114 cm³/mol. The van der Waals surface area contributed by atoms with Crippen LogP contribution in [0.2, 0.25) is 0 Å². The smallest absolute Gasteiger partial charge is 0.256 e. The summed E-state index contributed by atoms with van der Waals surface area (Å²) >= 11 is 1.31. The summed E-state index contributed by atoms with van der Waals surface area (Å²) in [5.41, 5.74) is 2.47. The summed E-state index contributed by atoms with van der Waals surface area (Å²) in [4.78, 5) is 29.9. The number of aryl methyl sites for hydroxylation is 1. The molecule has 0 saturated carbocycles. The highest BCUT2D eigenvalue weighted by atomic mass is 32.2. The number of amides is 2. The van der Waals surface area contributed by atoms with Gasteiger partial charge >= 0.3 is 0 Å². The summed E-state index contributed by atoms with van der Waals surface area (Å²) in [5.74, 6) is 1.05. The molecule has 2 heterocycles. The minimum absolute atomic E-state index is 0.140. The van der Waals surface area contributed by atoms with Crippen LogP contribution in [0.25, 0.3) is 11.1 Å². The van der Waals surface area contributed by atoms with Crippen LogP contribution in [0.5, 0.6) is 0 Å². The molecule has 0 aliphatic carbocycles. The first-order valence-corrected chi connectivity index (χ1v) is 10.3. The lowest BCUT2D eigenvalue weighted by Crippen LogP contribution is -2.24. The molecule has 0 unspecified atom stereocenters. The van der Waals surface area contributed by atoms with Gasteiger partial charge in [-0.05, 0) is 42.5 Å². The van der Waals surface area contributed by atoms with Crippen LogP contribution in [0, 0.1) is 6.92 Å². The Morgan fingerprint density at radius 3 is 2.80 bits per heavy atom. The van der Waals surface area contributed by atoms with E-state index in [0.29, 0.717) is 40.5 Å². The number of hydrogen-bond acceptors (Lipinski definition) is 6. The van der Waals surface area contributed by atoms with Gasteiger partial charge in [0.2, 0.25) is 5.91 Å². The van der Waals surface area contributed by atoms with E-state index in [9.17, 15) is 9.59 Å². The fourth-order valence-electron chi connectivity index (χ4n) is 2.89. The number of oxazole rings is 1. The summed E-state index contributed by atoms with van der Waals surface area (Å²) in [6.07, 6.45) is 1.56. The quantitative estimate of drug-likeness (QED) is 0.430. The van der Waals surface area contributed by atoms with E-state index in [1.54, 1.807) is 55.7 Å². The van der Waals surface area contributed by atoms with Crippen molar-refractivity contribution in [3.63, 3.8) is 0 Å². The second kappa shape index (κ2) is 8.87. The highest BCUT2D eigenvalue weighted by Crippen LogP contribution is 2.25. The molecule has 0 fully saturated rings. The van der Waals surface area contributed by atoms with Crippen LogP contribution in [0.15, 0.2) is 74.6 Å². The van der Waals surface area contributed by atoms with Gasteiger partial charge < -0.3 is 19.5 Å². The average molecular weight is 421 g/mol. The van der Waals surface area contributed by atoms with Crippen molar-refractivity contribution in [2.75, 3.05) is 11.1 Å². The molecule has 4 aromatic rings. The topological polar surface area (TPSA) is 97.4 Å². The zero-order valence-electron chi connectivity index (χ0n) is 16.2. The normalized spacial score (nSPS) is 10.8. The Labute approximate surface area is 176 Å². The molecule has 2 N–H and O–H groups in total. The molecule has 0 atom stereocenters. The van der Waals surface area contributed by atoms with E-state index in [1.807, 2.05) is 12.1 Å². The largest absolute Gasteiger partial charge is 0.467 e. The molecule has 0 bridgehead atoms. The van der Waals surface area contributed by atoms with Crippen molar-refractivity contribution in [1.82, 2.24) is 10.3 Å². The van der Waals surface area contributed by atoms with E-state index in [2.05, 4.69) is 15.6 Å². The van der Waals surface area contributed by atoms with Crippen LogP contribution in [0.3, 0.4) is 0 Å². The number of anilines is 1. The van der Waals surface area contributed by atoms with E-state index >= 15 is 0 Å². The fourth-order valence-corrected chi connectivity index (χ4v) is 3.77. The summed E-state index contributed by atoms with van der Waals surface area (Å²) in [6.45, 7) is 2.11. The number of rotatable bonds is 7. The highest BCUT2D eigenvalue weighted by Gasteiger charge is 2.14. The van der Waals surface area contributed by atoms with Crippen LogP contribution in [-0.4, -0.2) is 22.6 Å². The lowest BCUT2D eigenvalue weighted by Gasteiger charge is -2.10. The average Bonchev–Trinajstić information content (AvgIpc) is 3.39. The van der Waals surface area contributed by atoms with Crippen LogP contribution in [0.1, 0.15) is 22.0 Å². The summed E-state index contributed by atoms with van der Waals surface area (Å²) in [5, 5.41) is 5.68. The van der Waals surface area contributed by atoms with Crippen LogP contribution in [-0.2, 0) is 11.3 Å². The van der Waals surface area contributed by atoms with Gasteiger partial charge in [-0.3, -0.25) is 9.59 Å². The van der Waals surface area contributed by atoms with Crippen LogP contribution >= 0.6 is 11.8 Å². The summed E-state index contributed by atoms with van der Waals surface area (Å²) in [6, 6.07) is 16.1. The molecule has 0 saturated heterocycles. The molecule has 0 aliphatic heterocycles. The third kappa shape index (κ3) is 4.72. The maximum absolute atomic E-state index is 12.8. The SMILES string of the molecule is Cc1nc2cc(NC(=O)c3ccccc3SCC(=O)NCc3ccco3)ccc2o1. The van der Waals surface area contributed by atoms with Gasteiger partial charge in [0, 0.05) is 17.5 Å². The highest BCUT2D eigenvalue weighted by molar-refractivity contribution is 8.00. The monoisotopic (exact) mass is 421 g/mol. The molecular weight excluding hydrogens is 402 g/mol. The molecule has 8 heteroatoms. The van der Waals surface area contributed by atoms with E-state index in [0.717, 1.165) is 4.90 Å². The number of carbonyl (C=O) groups is 2. The lowest BCUT2D eigenvalue weighted by atomic mass is 10.2. The van der Waals surface area contributed by atoms with Gasteiger partial charge in [-0.1, -0.05) is 12.1 Å². The number of thioether (sulfide) groups is 1. The third-order valence-electron chi connectivity index (χ3n) is 4.28. The molecule has 0 spiro atoms. The predicted octanol–water partition coefficient (Wildman–Crippen LogP) is 4.39. The number of hydrogen-bond donors (Lipinski definition) is 2. The maximum atomic E-state index is 12.8. The Morgan fingerprint density at radius 2 is 1.97 bits per heavy atom. The molecule has 152 valence electrons. The second-order valence-corrected chi connectivity index (χ2v) is 7.53.